The van der Waals surface area contributed by atoms with Crippen molar-refractivity contribution in [1.82, 2.24) is 9.97 Å². The van der Waals surface area contributed by atoms with Crippen molar-refractivity contribution in [3.63, 3.8) is 0 Å². The number of hydrogen-bond donors (Lipinski definition) is 1. The molecule has 0 saturated heterocycles. The van der Waals surface area contributed by atoms with Gasteiger partial charge >= 0.3 is 72.0 Å². The molecule has 0 spiro atoms. The zero-order valence-electron chi connectivity index (χ0n) is 5.41. The van der Waals surface area contributed by atoms with Gasteiger partial charge in [-0.1, -0.05) is 0 Å². The van der Waals surface area contributed by atoms with Crippen molar-refractivity contribution in [2.24, 2.45) is 0 Å². The van der Waals surface area contributed by atoms with Gasteiger partial charge in [-0.15, -0.1) is 0 Å². The number of fused-ring (bicyclic) bond motifs is 1. The zero-order chi connectivity index (χ0) is 7.84. The molecule has 0 aliphatic rings. The molecule has 0 aliphatic heterocycles. The van der Waals surface area contributed by atoms with E-state index in [1.54, 1.807) is 6.91 Å². The van der Waals surface area contributed by atoms with E-state index in [1.165, 1.54) is 17.7 Å². The molecule has 0 fully saturated rings. The van der Waals surface area contributed by atoms with Gasteiger partial charge < -0.3 is 0 Å². The van der Waals surface area contributed by atoms with Crippen LogP contribution in [0.1, 0.15) is 0 Å². The Hall–Kier alpha value is -0.675. The van der Waals surface area contributed by atoms with E-state index in [4.69, 9.17) is 17.3 Å². The van der Waals surface area contributed by atoms with E-state index < -0.39 is 0 Å². The van der Waals surface area contributed by atoms with E-state index in [9.17, 15) is 0 Å². The van der Waals surface area contributed by atoms with Gasteiger partial charge in [0, 0.05) is 0 Å². The SMILES string of the molecule is Nc1bc2c(Cl)ncnc2s1. The van der Waals surface area contributed by atoms with Crippen LogP contribution < -0.4 is 5.73 Å². The molecule has 2 rings (SSSR count). The molecule has 0 bridgehead atoms. The normalized spacial score (nSPS) is 10.3. The molecule has 0 aromatic carbocycles. The molecular formula is C5H3BClN3S. The molecule has 0 atom stereocenters. The third kappa shape index (κ3) is 1.10. The van der Waals surface area contributed by atoms with Crippen LogP contribution >= 0.6 is 22.9 Å². The van der Waals surface area contributed by atoms with Crippen LogP contribution in [0.4, 0.5) is 4.90 Å². The third-order valence-electron chi connectivity index (χ3n) is 1.30. The molecule has 11 heavy (non-hydrogen) atoms. The Labute approximate surface area is 72.4 Å². The summed E-state index contributed by atoms with van der Waals surface area (Å²) in [5.41, 5.74) is 5.55. The Kier molecular flexibility index (Phi) is 1.54. The summed E-state index contributed by atoms with van der Waals surface area (Å²) in [5.74, 6) is 0. The van der Waals surface area contributed by atoms with Crippen molar-refractivity contribution >= 4 is 44.9 Å². The fraction of sp³-hybridized carbons (Fsp3) is 0. The van der Waals surface area contributed by atoms with E-state index in [-0.39, 0.29) is 0 Å². The van der Waals surface area contributed by atoms with Crippen LogP contribution in [0.15, 0.2) is 6.33 Å². The van der Waals surface area contributed by atoms with Gasteiger partial charge in [0.2, 0.25) is 0 Å². The number of anilines is 1. The van der Waals surface area contributed by atoms with Crippen molar-refractivity contribution < 1.29 is 0 Å². The zero-order valence-corrected chi connectivity index (χ0v) is 6.99. The van der Waals surface area contributed by atoms with E-state index >= 15 is 0 Å². The number of halogens is 1. The molecule has 2 aromatic heterocycles. The summed E-state index contributed by atoms with van der Waals surface area (Å²) in [4.78, 5) is 9.38. The van der Waals surface area contributed by atoms with Crippen molar-refractivity contribution in [3.8, 4) is 0 Å². The molecule has 3 nitrogen and oxygen atoms in total. The topological polar surface area (TPSA) is 51.8 Å². The average Bonchev–Trinajstić information content (AvgIpc) is 2.31. The molecule has 6 heteroatoms. The molecule has 0 aliphatic carbocycles. The summed E-state index contributed by atoms with van der Waals surface area (Å²) >= 11 is 7.18. The summed E-state index contributed by atoms with van der Waals surface area (Å²) in [5, 5.41) is 1.29. The Morgan fingerprint density at radius 1 is 1.55 bits per heavy atom. The molecule has 2 aromatic rings. The third-order valence-corrected chi connectivity index (χ3v) is 2.47. The average molecular weight is 183 g/mol. The van der Waals surface area contributed by atoms with Gasteiger partial charge in [-0.2, -0.15) is 0 Å². The first-order chi connectivity index (χ1) is 5.27. The van der Waals surface area contributed by atoms with E-state index in [2.05, 4.69) is 9.97 Å². The van der Waals surface area contributed by atoms with Crippen molar-refractivity contribution in [2.75, 3.05) is 5.73 Å². The van der Waals surface area contributed by atoms with Crippen LogP contribution in [0.2, 0.25) is 5.15 Å². The van der Waals surface area contributed by atoms with Gasteiger partial charge in [-0.05, 0) is 0 Å². The second kappa shape index (κ2) is 2.42. The van der Waals surface area contributed by atoms with Crippen LogP contribution in [-0.4, -0.2) is 16.9 Å². The number of nitrogens with zero attached hydrogens (tertiary/aromatic N) is 2. The van der Waals surface area contributed by atoms with Crippen LogP contribution in [0, 0.1) is 0 Å². The van der Waals surface area contributed by atoms with E-state index in [0.29, 0.717) is 10.0 Å². The Bertz CT molecular complexity index is 402. The van der Waals surface area contributed by atoms with Crippen molar-refractivity contribution in [2.45, 2.75) is 0 Å². The maximum absolute atomic E-state index is 5.77. The summed E-state index contributed by atoms with van der Waals surface area (Å²) in [7, 11) is 0. The molecule has 0 amide bonds. The predicted molar refractivity (Wildman–Crippen MR) is 48.2 cm³/mol. The predicted octanol–water partition coefficient (Wildman–Crippen LogP) is 1.26. The molecule has 0 unspecified atom stereocenters. The van der Waals surface area contributed by atoms with Gasteiger partial charge in [-0.3, -0.25) is 0 Å². The number of aromatic nitrogens is 2. The second-order valence-electron chi connectivity index (χ2n) is 2.03. The summed E-state index contributed by atoms with van der Waals surface area (Å²) in [6.07, 6.45) is 1.43. The van der Waals surface area contributed by atoms with Crippen molar-refractivity contribution in [3.05, 3.63) is 11.5 Å². The standard InChI is InChI=1S/C5H3BClN3S/c7-3-2-4(10-1-9-3)11-5(8)6-2/h1H,8H2. The molecule has 0 saturated carbocycles. The second-order valence-corrected chi connectivity index (χ2v) is 3.45. The number of nitrogen functional groups attached to an aromatic ring is 1. The Morgan fingerprint density at radius 3 is 3.09 bits per heavy atom. The fourth-order valence-corrected chi connectivity index (χ4v) is 1.85. The maximum atomic E-state index is 5.77. The molecule has 2 heterocycles. The number of rotatable bonds is 0. The fourth-order valence-electron chi connectivity index (χ4n) is 0.845. The minimum absolute atomic E-state index is 0.461. The molecular weight excluding hydrogens is 180 g/mol. The van der Waals surface area contributed by atoms with Crippen LogP contribution in [-0.2, 0) is 0 Å². The van der Waals surface area contributed by atoms with E-state index in [0.717, 1.165) is 10.1 Å². The van der Waals surface area contributed by atoms with Crippen LogP contribution in [0.3, 0.4) is 0 Å². The Morgan fingerprint density at radius 2 is 2.36 bits per heavy atom. The summed E-state index contributed by atoms with van der Waals surface area (Å²) < 4.78 is 0. The monoisotopic (exact) mass is 183 g/mol. The summed E-state index contributed by atoms with van der Waals surface area (Å²) in [6.45, 7) is 1.78. The van der Waals surface area contributed by atoms with E-state index in [1.807, 2.05) is 0 Å². The van der Waals surface area contributed by atoms with Gasteiger partial charge in [0.05, 0.1) is 0 Å². The summed E-state index contributed by atoms with van der Waals surface area (Å²) in [6, 6.07) is 0. The van der Waals surface area contributed by atoms with Gasteiger partial charge in [-0.25, -0.2) is 0 Å². The van der Waals surface area contributed by atoms with Crippen LogP contribution in [0.25, 0.3) is 10.1 Å². The minimum atomic E-state index is 0.461. The van der Waals surface area contributed by atoms with Gasteiger partial charge in [0.15, 0.2) is 0 Å². The van der Waals surface area contributed by atoms with Crippen LogP contribution in [0.5, 0.6) is 0 Å². The molecule has 54 valence electrons. The number of nitrogens with two attached hydrogens (primary N) is 1. The van der Waals surface area contributed by atoms with Gasteiger partial charge in [0.1, 0.15) is 0 Å². The Balaban J connectivity index is 2.90. The quantitative estimate of drug-likeness (QED) is 0.626. The number of hydrogen-bond acceptors (Lipinski definition) is 4. The first kappa shape index (κ1) is 7.00. The molecule has 2 N–H and O–H groups in total. The molecule has 0 radical (unpaired) electrons. The van der Waals surface area contributed by atoms with Crippen molar-refractivity contribution in [1.29, 1.82) is 0 Å². The first-order valence-corrected chi connectivity index (χ1v) is 4.12. The van der Waals surface area contributed by atoms with Gasteiger partial charge in [0.25, 0.3) is 0 Å². The first-order valence-electron chi connectivity index (χ1n) is 2.93.